The molecule has 1 aliphatic heterocycles. The molecular weight excluding hydrogens is 382 g/mol. The lowest BCUT2D eigenvalue weighted by Crippen LogP contribution is -2.29. The van der Waals surface area contributed by atoms with Gasteiger partial charge in [-0.05, 0) is 23.3 Å². The van der Waals surface area contributed by atoms with Crippen LogP contribution in [0.1, 0.15) is 25.7 Å². The Morgan fingerprint density at radius 1 is 0.655 bits per heavy atom. The molecule has 3 aromatic carbocycles. The predicted molar refractivity (Wildman–Crippen MR) is 111 cm³/mol. The van der Waals surface area contributed by atoms with Crippen molar-refractivity contribution in [2.24, 2.45) is 0 Å². The van der Waals surface area contributed by atoms with Crippen molar-refractivity contribution in [2.45, 2.75) is 6.54 Å². The summed E-state index contributed by atoms with van der Waals surface area (Å²) in [5.74, 6) is -0.570. The van der Waals surface area contributed by atoms with E-state index in [4.69, 9.17) is 0 Å². The summed E-state index contributed by atoms with van der Waals surface area (Å²) in [5.41, 5.74) is 4.02. The molecule has 0 N–H and O–H groups in total. The number of aromatic nitrogens is 2. The number of amides is 2. The molecule has 1 aliphatic rings. The summed E-state index contributed by atoms with van der Waals surface area (Å²) in [6.07, 6.45) is 0. The Hall–Kier alpha value is -3.64. The standard InChI is InChI=1S/C23H15N3O2S/c27-22-18-12-6-7-13-19(18)23(28)26(22)14-20-24-25-21(29-20)17-11-5-4-10-16(17)15-8-2-1-3-9-15/h1-13H,14H2. The molecule has 0 radical (unpaired) electrons. The zero-order chi connectivity index (χ0) is 19.8. The third-order valence-corrected chi connectivity index (χ3v) is 5.82. The Morgan fingerprint density at radius 2 is 1.21 bits per heavy atom. The van der Waals surface area contributed by atoms with E-state index in [0.717, 1.165) is 21.7 Å². The summed E-state index contributed by atoms with van der Waals surface area (Å²) in [7, 11) is 0. The number of rotatable bonds is 4. The Balaban J connectivity index is 1.45. The third-order valence-electron chi connectivity index (χ3n) is 4.88. The minimum atomic E-state index is -0.285. The molecule has 1 aromatic heterocycles. The molecule has 29 heavy (non-hydrogen) atoms. The second-order valence-corrected chi connectivity index (χ2v) is 7.72. The fraction of sp³-hybridized carbons (Fsp3) is 0.0435. The van der Waals surface area contributed by atoms with E-state index >= 15 is 0 Å². The van der Waals surface area contributed by atoms with Crippen LogP contribution in [0.15, 0.2) is 78.9 Å². The van der Waals surface area contributed by atoms with Crippen LogP contribution >= 0.6 is 11.3 Å². The fourth-order valence-corrected chi connectivity index (χ4v) is 4.35. The van der Waals surface area contributed by atoms with Gasteiger partial charge < -0.3 is 0 Å². The van der Waals surface area contributed by atoms with Gasteiger partial charge in [-0.1, -0.05) is 78.1 Å². The van der Waals surface area contributed by atoms with Gasteiger partial charge in [0.15, 0.2) is 0 Å². The maximum absolute atomic E-state index is 12.6. The number of fused-ring (bicyclic) bond motifs is 1. The number of carbonyl (C=O) groups excluding carboxylic acids is 2. The van der Waals surface area contributed by atoms with Crippen LogP contribution in [0, 0.1) is 0 Å². The zero-order valence-electron chi connectivity index (χ0n) is 15.3. The number of hydrogen-bond acceptors (Lipinski definition) is 5. The average molecular weight is 397 g/mol. The monoisotopic (exact) mass is 397 g/mol. The average Bonchev–Trinajstić information content (AvgIpc) is 3.34. The lowest BCUT2D eigenvalue weighted by Gasteiger charge is -2.10. The summed E-state index contributed by atoms with van der Waals surface area (Å²) in [4.78, 5) is 26.4. The fourth-order valence-electron chi connectivity index (χ4n) is 3.48. The van der Waals surface area contributed by atoms with Crippen LogP contribution in [0.3, 0.4) is 0 Å². The number of imide groups is 1. The van der Waals surface area contributed by atoms with E-state index in [1.807, 2.05) is 36.4 Å². The van der Waals surface area contributed by atoms with Crippen LogP contribution in [-0.2, 0) is 6.54 Å². The zero-order valence-corrected chi connectivity index (χ0v) is 16.1. The van der Waals surface area contributed by atoms with Gasteiger partial charge in [0.2, 0.25) is 0 Å². The minimum Gasteiger partial charge on any atom is -0.269 e. The van der Waals surface area contributed by atoms with Crippen molar-refractivity contribution in [2.75, 3.05) is 0 Å². The van der Waals surface area contributed by atoms with Gasteiger partial charge >= 0.3 is 0 Å². The quantitative estimate of drug-likeness (QED) is 0.470. The summed E-state index contributed by atoms with van der Waals surface area (Å²) >= 11 is 1.40. The van der Waals surface area contributed by atoms with Gasteiger partial charge in [-0.15, -0.1) is 10.2 Å². The first-order chi connectivity index (χ1) is 14.2. The Bertz CT molecular complexity index is 1200. The van der Waals surface area contributed by atoms with E-state index in [9.17, 15) is 9.59 Å². The lowest BCUT2D eigenvalue weighted by molar-refractivity contribution is 0.0642. The third kappa shape index (κ3) is 3.03. The van der Waals surface area contributed by atoms with E-state index in [2.05, 4.69) is 28.4 Å². The van der Waals surface area contributed by atoms with Gasteiger partial charge in [-0.25, -0.2) is 0 Å². The molecule has 5 nitrogen and oxygen atoms in total. The normalized spacial score (nSPS) is 13.0. The van der Waals surface area contributed by atoms with Crippen LogP contribution in [0.2, 0.25) is 0 Å². The molecule has 0 fully saturated rings. The molecule has 0 unspecified atom stereocenters. The van der Waals surface area contributed by atoms with Crippen molar-refractivity contribution in [3.63, 3.8) is 0 Å². The summed E-state index contributed by atoms with van der Waals surface area (Å²) in [6, 6.07) is 25.0. The largest absolute Gasteiger partial charge is 0.269 e. The first-order valence-corrected chi connectivity index (χ1v) is 9.96. The van der Waals surface area contributed by atoms with E-state index in [0.29, 0.717) is 16.1 Å². The molecule has 0 bridgehead atoms. The summed E-state index contributed by atoms with van der Waals surface area (Å²) in [5, 5.41) is 9.96. The van der Waals surface area contributed by atoms with E-state index in [1.54, 1.807) is 24.3 Å². The number of benzene rings is 3. The molecule has 0 aliphatic carbocycles. The number of carbonyl (C=O) groups is 2. The maximum Gasteiger partial charge on any atom is 0.261 e. The van der Waals surface area contributed by atoms with Crippen molar-refractivity contribution in [3.8, 4) is 21.7 Å². The van der Waals surface area contributed by atoms with Crippen molar-refractivity contribution >= 4 is 23.2 Å². The van der Waals surface area contributed by atoms with Crippen LogP contribution in [0.25, 0.3) is 21.7 Å². The first-order valence-electron chi connectivity index (χ1n) is 9.15. The highest BCUT2D eigenvalue weighted by Crippen LogP contribution is 2.34. The maximum atomic E-state index is 12.6. The Morgan fingerprint density at radius 3 is 1.86 bits per heavy atom. The van der Waals surface area contributed by atoms with E-state index in [-0.39, 0.29) is 18.4 Å². The Labute approximate surface area is 171 Å². The number of nitrogens with zero attached hydrogens (tertiary/aromatic N) is 3. The van der Waals surface area contributed by atoms with Gasteiger partial charge in [0.05, 0.1) is 17.7 Å². The molecule has 0 saturated heterocycles. The molecule has 2 heterocycles. The predicted octanol–water partition coefficient (Wildman–Crippen LogP) is 4.67. The van der Waals surface area contributed by atoms with Crippen LogP contribution in [-0.4, -0.2) is 26.9 Å². The van der Waals surface area contributed by atoms with Gasteiger partial charge in [-0.3, -0.25) is 14.5 Å². The van der Waals surface area contributed by atoms with Crippen LogP contribution in [0.4, 0.5) is 0 Å². The van der Waals surface area contributed by atoms with Crippen LogP contribution < -0.4 is 0 Å². The molecule has 6 heteroatoms. The molecule has 5 rings (SSSR count). The second kappa shape index (κ2) is 7.07. The van der Waals surface area contributed by atoms with Gasteiger partial charge in [0, 0.05) is 5.56 Å². The molecular formula is C23H15N3O2S. The second-order valence-electron chi connectivity index (χ2n) is 6.65. The molecule has 140 valence electrons. The van der Waals surface area contributed by atoms with Crippen LogP contribution in [0.5, 0.6) is 0 Å². The molecule has 2 amide bonds. The molecule has 0 saturated carbocycles. The molecule has 0 spiro atoms. The van der Waals surface area contributed by atoms with Crippen molar-refractivity contribution in [1.29, 1.82) is 0 Å². The lowest BCUT2D eigenvalue weighted by atomic mass is 10.0. The topological polar surface area (TPSA) is 63.2 Å². The van der Waals surface area contributed by atoms with Crippen molar-refractivity contribution in [1.82, 2.24) is 15.1 Å². The number of hydrogen-bond donors (Lipinski definition) is 0. The summed E-state index contributed by atoms with van der Waals surface area (Å²) < 4.78 is 0. The van der Waals surface area contributed by atoms with E-state index in [1.165, 1.54) is 16.2 Å². The highest BCUT2D eigenvalue weighted by Gasteiger charge is 2.35. The highest BCUT2D eigenvalue weighted by atomic mass is 32.1. The first kappa shape index (κ1) is 17.5. The van der Waals surface area contributed by atoms with Crippen molar-refractivity contribution < 1.29 is 9.59 Å². The minimum absolute atomic E-state index is 0.123. The molecule has 0 atom stereocenters. The highest BCUT2D eigenvalue weighted by molar-refractivity contribution is 7.14. The van der Waals surface area contributed by atoms with Gasteiger partial charge in [0.1, 0.15) is 10.0 Å². The van der Waals surface area contributed by atoms with Gasteiger partial charge in [-0.2, -0.15) is 0 Å². The van der Waals surface area contributed by atoms with Crippen molar-refractivity contribution in [3.05, 3.63) is 95.0 Å². The summed E-state index contributed by atoms with van der Waals surface area (Å²) in [6.45, 7) is 0.123. The molecule has 4 aromatic rings. The Kier molecular flexibility index (Phi) is 4.26. The van der Waals surface area contributed by atoms with Gasteiger partial charge in [0.25, 0.3) is 11.8 Å². The SMILES string of the molecule is O=C1c2ccccc2C(=O)N1Cc1nnc(-c2ccccc2-c2ccccc2)s1. The smallest absolute Gasteiger partial charge is 0.261 e. The van der Waals surface area contributed by atoms with E-state index < -0.39 is 0 Å².